The number of aromatic nitrogens is 2. The zero-order chi connectivity index (χ0) is 22.4. The van der Waals surface area contributed by atoms with E-state index >= 15 is 0 Å². The molecule has 0 bridgehead atoms. The number of nitrogens with one attached hydrogen (secondary N) is 2. The fourth-order valence-corrected chi connectivity index (χ4v) is 2.85. The van der Waals surface area contributed by atoms with Crippen molar-refractivity contribution in [1.29, 1.82) is 0 Å². The Morgan fingerprint density at radius 2 is 1.77 bits per heavy atom. The molecule has 162 valence electrons. The Kier molecular flexibility index (Phi) is 6.75. The number of benzene rings is 2. The van der Waals surface area contributed by atoms with Gasteiger partial charge in [0.05, 0.1) is 24.8 Å². The predicted molar refractivity (Wildman–Crippen MR) is 110 cm³/mol. The molecule has 31 heavy (non-hydrogen) atoms. The van der Waals surface area contributed by atoms with Crippen molar-refractivity contribution in [1.82, 2.24) is 9.97 Å². The number of halogens is 2. The normalized spacial score (nSPS) is 10.5. The molecule has 3 aromatic rings. The molecule has 0 radical (unpaired) electrons. The van der Waals surface area contributed by atoms with Gasteiger partial charge in [-0.15, -0.1) is 0 Å². The Hall–Kier alpha value is -4.02. The molecule has 1 aromatic heterocycles. The Morgan fingerprint density at radius 3 is 2.45 bits per heavy atom. The SMILES string of the molecule is COc1ccc(CCNc2ncnc(Nc3ccc(F)cc3F)c2[N+](=O)[O-])cc1OC. The number of methoxy groups -OCH3 is 2. The highest BCUT2D eigenvalue weighted by Gasteiger charge is 2.23. The van der Waals surface area contributed by atoms with Gasteiger partial charge in [-0.3, -0.25) is 10.1 Å². The van der Waals surface area contributed by atoms with E-state index in [1.54, 1.807) is 12.1 Å². The minimum absolute atomic E-state index is 0.0366. The minimum atomic E-state index is -0.907. The van der Waals surface area contributed by atoms with E-state index in [0.29, 0.717) is 30.5 Å². The topological polar surface area (TPSA) is 111 Å². The Labute approximate surface area is 176 Å². The first-order chi connectivity index (χ1) is 14.9. The number of anilines is 3. The summed E-state index contributed by atoms with van der Waals surface area (Å²) in [6.45, 7) is 0.317. The maximum Gasteiger partial charge on any atom is 0.353 e. The molecule has 0 aliphatic carbocycles. The molecule has 1 heterocycles. The minimum Gasteiger partial charge on any atom is -0.493 e. The summed E-state index contributed by atoms with van der Waals surface area (Å²) in [5.41, 5.74) is 0.298. The molecule has 11 heteroatoms. The molecule has 2 N–H and O–H groups in total. The van der Waals surface area contributed by atoms with Crippen LogP contribution in [0.3, 0.4) is 0 Å². The van der Waals surface area contributed by atoms with Gasteiger partial charge in [-0.05, 0) is 36.2 Å². The summed E-state index contributed by atoms with van der Waals surface area (Å²) in [6.07, 6.45) is 1.62. The first-order valence-corrected chi connectivity index (χ1v) is 9.09. The smallest absolute Gasteiger partial charge is 0.353 e. The van der Waals surface area contributed by atoms with Gasteiger partial charge in [-0.1, -0.05) is 6.07 Å². The molecule has 0 unspecified atom stereocenters. The number of ether oxygens (including phenoxy) is 2. The molecule has 9 nitrogen and oxygen atoms in total. The molecule has 0 amide bonds. The van der Waals surface area contributed by atoms with E-state index in [-0.39, 0.29) is 17.3 Å². The second-order valence-electron chi connectivity index (χ2n) is 6.29. The van der Waals surface area contributed by atoms with Gasteiger partial charge in [0.1, 0.15) is 18.0 Å². The van der Waals surface area contributed by atoms with Crippen molar-refractivity contribution in [2.45, 2.75) is 6.42 Å². The third kappa shape index (κ3) is 5.13. The number of hydrogen-bond donors (Lipinski definition) is 2. The first kappa shape index (κ1) is 21.7. The zero-order valence-electron chi connectivity index (χ0n) is 16.7. The van der Waals surface area contributed by atoms with Gasteiger partial charge in [0, 0.05) is 12.6 Å². The van der Waals surface area contributed by atoms with E-state index in [1.807, 2.05) is 6.07 Å². The molecule has 3 rings (SSSR count). The molecule has 0 spiro atoms. The largest absolute Gasteiger partial charge is 0.493 e. The van der Waals surface area contributed by atoms with Crippen molar-refractivity contribution >= 4 is 23.0 Å². The summed E-state index contributed by atoms with van der Waals surface area (Å²) in [5, 5.41) is 17.0. The average Bonchev–Trinajstić information content (AvgIpc) is 2.75. The first-order valence-electron chi connectivity index (χ1n) is 9.09. The van der Waals surface area contributed by atoms with Crippen LogP contribution in [0.2, 0.25) is 0 Å². The van der Waals surface area contributed by atoms with Crippen LogP contribution in [0.25, 0.3) is 0 Å². The fraction of sp³-hybridized carbons (Fsp3) is 0.200. The van der Waals surface area contributed by atoms with Gasteiger partial charge in [-0.2, -0.15) is 0 Å². The van der Waals surface area contributed by atoms with E-state index in [9.17, 15) is 18.9 Å². The van der Waals surface area contributed by atoms with Crippen LogP contribution in [-0.2, 0) is 6.42 Å². The lowest BCUT2D eigenvalue weighted by atomic mass is 10.1. The standard InChI is InChI=1S/C20H19F2N5O4/c1-30-16-6-3-12(9-17(16)31-2)7-8-23-19-18(27(28)29)20(25-11-24-19)26-15-5-4-13(21)10-14(15)22/h3-6,9-11H,7-8H2,1-2H3,(H2,23,24,25,26). The van der Waals surface area contributed by atoms with Crippen molar-refractivity contribution in [3.63, 3.8) is 0 Å². The molecule has 0 saturated carbocycles. The third-order valence-corrected chi connectivity index (χ3v) is 4.34. The Bertz CT molecular complexity index is 1100. The molecule has 0 aliphatic rings. The van der Waals surface area contributed by atoms with Gasteiger partial charge in [0.2, 0.25) is 11.6 Å². The number of nitrogens with zero attached hydrogens (tertiary/aromatic N) is 3. The number of nitro groups is 1. The summed E-state index contributed by atoms with van der Waals surface area (Å²) in [7, 11) is 3.07. The van der Waals surface area contributed by atoms with E-state index in [4.69, 9.17) is 9.47 Å². The number of rotatable bonds is 9. The summed E-state index contributed by atoms with van der Waals surface area (Å²) in [6, 6.07) is 8.24. The van der Waals surface area contributed by atoms with Crippen LogP contribution >= 0.6 is 0 Å². The van der Waals surface area contributed by atoms with Crippen LogP contribution in [0, 0.1) is 21.7 Å². The van der Waals surface area contributed by atoms with Crippen LogP contribution in [0.1, 0.15) is 5.56 Å². The van der Waals surface area contributed by atoms with E-state index in [1.165, 1.54) is 14.2 Å². The lowest BCUT2D eigenvalue weighted by molar-refractivity contribution is -0.383. The highest BCUT2D eigenvalue weighted by molar-refractivity contribution is 5.73. The monoisotopic (exact) mass is 431 g/mol. The van der Waals surface area contributed by atoms with Crippen molar-refractivity contribution in [3.8, 4) is 11.5 Å². The van der Waals surface area contributed by atoms with Crippen molar-refractivity contribution in [2.24, 2.45) is 0 Å². The van der Waals surface area contributed by atoms with E-state index in [0.717, 1.165) is 24.0 Å². The van der Waals surface area contributed by atoms with Crippen molar-refractivity contribution in [3.05, 3.63) is 70.0 Å². The summed E-state index contributed by atoms with van der Waals surface area (Å²) >= 11 is 0. The van der Waals surface area contributed by atoms with Crippen molar-refractivity contribution in [2.75, 3.05) is 31.4 Å². The molecular weight excluding hydrogens is 412 g/mol. The maximum absolute atomic E-state index is 13.9. The summed E-state index contributed by atoms with van der Waals surface area (Å²) in [5.74, 6) is -0.770. The van der Waals surface area contributed by atoms with E-state index < -0.39 is 22.2 Å². The van der Waals surface area contributed by atoms with Crippen LogP contribution in [-0.4, -0.2) is 35.7 Å². The Balaban J connectivity index is 1.77. The molecule has 0 fully saturated rings. The van der Waals surface area contributed by atoms with E-state index in [2.05, 4.69) is 20.6 Å². The van der Waals surface area contributed by atoms with Crippen molar-refractivity contribution < 1.29 is 23.2 Å². The third-order valence-electron chi connectivity index (χ3n) is 4.34. The highest BCUT2D eigenvalue weighted by atomic mass is 19.1. The lowest BCUT2D eigenvalue weighted by Crippen LogP contribution is -2.11. The van der Waals surface area contributed by atoms with Crippen LogP contribution in [0.4, 0.5) is 31.8 Å². The molecular formula is C20H19F2N5O4. The number of hydrogen-bond acceptors (Lipinski definition) is 8. The second-order valence-corrected chi connectivity index (χ2v) is 6.29. The van der Waals surface area contributed by atoms with Crippen LogP contribution in [0.5, 0.6) is 11.5 Å². The predicted octanol–water partition coefficient (Wildman–Crippen LogP) is 4.08. The molecule has 2 aromatic carbocycles. The van der Waals surface area contributed by atoms with Gasteiger partial charge in [-0.25, -0.2) is 18.7 Å². The molecule has 0 aliphatic heterocycles. The zero-order valence-corrected chi connectivity index (χ0v) is 16.7. The summed E-state index contributed by atoms with van der Waals surface area (Å²) < 4.78 is 37.5. The fourth-order valence-electron chi connectivity index (χ4n) is 2.85. The quantitative estimate of drug-likeness (QED) is 0.385. The molecule has 0 saturated heterocycles. The van der Waals surface area contributed by atoms with Gasteiger partial charge in [0.25, 0.3) is 0 Å². The summed E-state index contributed by atoms with van der Waals surface area (Å²) in [4.78, 5) is 18.7. The lowest BCUT2D eigenvalue weighted by Gasteiger charge is -2.12. The van der Waals surface area contributed by atoms with Gasteiger partial charge in [0.15, 0.2) is 11.5 Å². The van der Waals surface area contributed by atoms with Crippen LogP contribution < -0.4 is 20.1 Å². The average molecular weight is 431 g/mol. The van der Waals surface area contributed by atoms with Gasteiger partial charge >= 0.3 is 5.69 Å². The van der Waals surface area contributed by atoms with Crippen LogP contribution in [0.15, 0.2) is 42.7 Å². The van der Waals surface area contributed by atoms with Gasteiger partial charge < -0.3 is 20.1 Å². The molecule has 0 atom stereocenters. The Morgan fingerprint density at radius 1 is 1.03 bits per heavy atom. The highest BCUT2D eigenvalue weighted by Crippen LogP contribution is 2.32. The maximum atomic E-state index is 13.9. The second kappa shape index (κ2) is 9.65.